The van der Waals surface area contributed by atoms with Crippen LogP contribution in [0.5, 0.6) is 0 Å². The lowest BCUT2D eigenvalue weighted by Gasteiger charge is -2.13. The molecule has 0 aliphatic heterocycles. The van der Waals surface area contributed by atoms with E-state index < -0.39 is 0 Å². The summed E-state index contributed by atoms with van der Waals surface area (Å²) in [4.78, 5) is 23.3. The summed E-state index contributed by atoms with van der Waals surface area (Å²) < 4.78 is 4.91. The number of nitrogens with one attached hydrogen (secondary N) is 2. The van der Waals surface area contributed by atoms with Crippen molar-refractivity contribution in [1.29, 1.82) is 0 Å². The minimum Gasteiger partial charge on any atom is -0.383 e. The van der Waals surface area contributed by atoms with Gasteiger partial charge < -0.3 is 15.4 Å². The molecular formula is C14H20N2O3. The summed E-state index contributed by atoms with van der Waals surface area (Å²) in [7, 11) is 1.57. The monoisotopic (exact) mass is 264 g/mol. The van der Waals surface area contributed by atoms with Gasteiger partial charge in [-0.05, 0) is 26.0 Å². The predicted molar refractivity (Wildman–Crippen MR) is 73.0 cm³/mol. The summed E-state index contributed by atoms with van der Waals surface area (Å²) >= 11 is 0. The third-order valence-corrected chi connectivity index (χ3v) is 2.51. The van der Waals surface area contributed by atoms with Crippen molar-refractivity contribution >= 4 is 11.8 Å². The summed E-state index contributed by atoms with van der Waals surface area (Å²) in [5.41, 5.74) is 1.56. The van der Waals surface area contributed by atoms with Gasteiger partial charge in [-0.3, -0.25) is 9.59 Å². The lowest BCUT2D eigenvalue weighted by molar-refractivity contribution is -0.121. The van der Waals surface area contributed by atoms with Crippen LogP contribution in [0.15, 0.2) is 24.3 Å². The van der Waals surface area contributed by atoms with Gasteiger partial charge in [-0.25, -0.2) is 0 Å². The van der Waals surface area contributed by atoms with Crippen molar-refractivity contribution < 1.29 is 14.3 Å². The normalized spacial score (nSPS) is 11.7. The first kappa shape index (κ1) is 15.2. The molecule has 1 atom stereocenters. The number of hydrogen-bond acceptors (Lipinski definition) is 3. The fraction of sp³-hybridized carbons (Fsp3) is 0.429. The van der Waals surface area contributed by atoms with Crippen LogP contribution in [0.3, 0.4) is 0 Å². The zero-order valence-electron chi connectivity index (χ0n) is 11.5. The van der Waals surface area contributed by atoms with E-state index in [9.17, 15) is 9.59 Å². The first-order valence-corrected chi connectivity index (χ1v) is 6.16. The van der Waals surface area contributed by atoms with E-state index in [1.54, 1.807) is 19.2 Å². The van der Waals surface area contributed by atoms with E-state index >= 15 is 0 Å². The van der Waals surface area contributed by atoms with Crippen molar-refractivity contribution in [1.82, 2.24) is 10.6 Å². The topological polar surface area (TPSA) is 67.4 Å². The summed E-state index contributed by atoms with van der Waals surface area (Å²) in [5.74, 6) is -0.483. The Labute approximate surface area is 113 Å². The summed E-state index contributed by atoms with van der Waals surface area (Å²) in [6.07, 6.45) is 0. The van der Waals surface area contributed by atoms with E-state index in [4.69, 9.17) is 4.74 Å². The highest BCUT2D eigenvalue weighted by Gasteiger charge is 2.10. The van der Waals surface area contributed by atoms with Gasteiger partial charge in [-0.1, -0.05) is 17.7 Å². The fourth-order valence-corrected chi connectivity index (χ4v) is 1.67. The van der Waals surface area contributed by atoms with Crippen LogP contribution in [0.2, 0.25) is 0 Å². The van der Waals surface area contributed by atoms with E-state index in [1.165, 1.54) is 0 Å². The maximum atomic E-state index is 11.8. The SMILES string of the molecule is COCC(C)NC(=O)CNC(=O)c1cccc(C)c1. The number of hydrogen-bond donors (Lipinski definition) is 2. The quantitative estimate of drug-likeness (QED) is 0.801. The molecule has 0 bridgehead atoms. The molecule has 19 heavy (non-hydrogen) atoms. The van der Waals surface area contributed by atoms with Gasteiger partial charge in [0.25, 0.3) is 5.91 Å². The molecule has 0 heterocycles. The van der Waals surface area contributed by atoms with Gasteiger partial charge in [0, 0.05) is 18.7 Å². The number of methoxy groups -OCH3 is 1. The zero-order chi connectivity index (χ0) is 14.3. The highest BCUT2D eigenvalue weighted by Crippen LogP contribution is 2.03. The third kappa shape index (κ3) is 5.52. The van der Waals surface area contributed by atoms with Crippen LogP contribution in [0.25, 0.3) is 0 Å². The predicted octanol–water partition coefficient (Wildman–Crippen LogP) is 0.876. The molecule has 0 aromatic heterocycles. The average Bonchev–Trinajstić information content (AvgIpc) is 2.36. The lowest BCUT2D eigenvalue weighted by atomic mass is 10.1. The maximum Gasteiger partial charge on any atom is 0.251 e. The number of benzene rings is 1. The maximum absolute atomic E-state index is 11.8. The second-order valence-corrected chi connectivity index (χ2v) is 4.48. The molecule has 0 aliphatic rings. The Morgan fingerprint density at radius 1 is 1.37 bits per heavy atom. The van der Waals surface area contributed by atoms with Gasteiger partial charge in [-0.15, -0.1) is 0 Å². The van der Waals surface area contributed by atoms with Crippen molar-refractivity contribution in [3.63, 3.8) is 0 Å². The van der Waals surface area contributed by atoms with Crippen LogP contribution in [0.1, 0.15) is 22.8 Å². The molecule has 1 aromatic rings. The Morgan fingerprint density at radius 2 is 2.11 bits per heavy atom. The molecule has 1 rings (SSSR count). The van der Waals surface area contributed by atoms with Gasteiger partial charge >= 0.3 is 0 Å². The molecule has 2 N–H and O–H groups in total. The van der Waals surface area contributed by atoms with Crippen LogP contribution >= 0.6 is 0 Å². The molecule has 0 spiro atoms. The van der Waals surface area contributed by atoms with Crippen LogP contribution < -0.4 is 10.6 Å². The average molecular weight is 264 g/mol. The van der Waals surface area contributed by atoms with E-state index in [-0.39, 0.29) is 24.4 Å². The van der Waals surface area contributed by atoms with Crippen LogP contribution in [-0.4, -0.2) is 38.1 Å². The summed E-state index contributed by atoms with van der Waals surface area (Å²) in [6, 6.07) is 7.14. The van der Waals surface area contributed by atoms with Crippen molar-refractivity contribution in [2.24, 2.45) is 0 Å². The molecule has 5 nitrogen and oxygen atoms in total. The van der Waals surface area contributed by atoms with Gasteiger partial charge in [0.05, 0.1) is 13.2 Å². The number of aryl methyl sites for hydroxylation is 1. The van der Waals surface area contributed by atoms with Gasteiger partial charge in [0.2, 0.25) is 5.91 Å². The summed E-state index contributed by atoms with van der Waals surface area (Å²) in [6.45, 7) is 4.15. The van der Waals surface area contributed by atoms with Gasteiger partial charge in [0.1, 0.15) is 0 Å². The van der Waals surface area contributed by atoms with Crippen molar-refractivity contribution in [3.8, 4) is 0 Å². The Hall–Kier alpha value is -1.88. The smallest absolute Gasteiger partial charge is 0.251 e. The van der Waals surface area contributed by atoms with E-state index in [1.807, 2.05) is 26.0 Å². The summed E-state index contributed by atoms with van der Waals surface area (Å²) in [5, 5.41) is 5.30. The fourth-order valence-electron chi connectivity index (χ4n) is 1.67. The lowest BCUT2D eigenvalue weighted by Crippen LogP contribution is -2.42. The van der Waals surface area contributed by atoms with Crippen LogP contribution in [0.4, 0.5) is 0 Å². The number of carbonyl (C=O) groups is 2. The first-order valence-electron chi connectivity index (χ1n) is 6.16. The minimum absolute atomic E-state index is 0.0408. The molecule has 0 aliphatic carbocycles. The Morgan fingerprint density at radius 3 is 2.74 bits per heavy atom. The minimum atomic E-state index is -0.252. The number of carbonyl (C=O) groups excluding carboxylic acids is 2. The van der Waals surface area contributed by atoms with Crippen molar-refractivity contribution in [3.05, 3.63) is 35.4 Å². The second kappa shape index (κ2) is 7.53. The van der Waals surface area contributed by atoms with E-state index in [2.05, 4.69) is 10.6 Å². The molecule has 0 saturated heterocycles. The van der Waals surface area contributed by atoms with E-state index in [0.29, 0.717) is 12.2 Å². The molecule has 0 fully saturated rings. The highest BCUT2D eigenvalue weighted by molar-refractivity contribution is 5.96. The number of rotatable bonds is 6. The zero-order valence-corrected chi connectivity index (χ0v) is 11.5. The largest absolute Gasteiger partial charge is 0.383 e. The molecule has 1 aromatic carbocycles. The molecule has 0 saturated carbocycles. The molecular weight excluding hydrogens is 244 g/mol. The standard InChI is InChI=1S/C14H20N2O3/c1-10-5-4-6-12(7-10)14(18)15-8-13(17)16-11(2)9-19-3/h4-7,11H,8-9H2,1-3H3,(H,15,18)(H,16,17). The Balaban J connectivity index is 2.40. The number of ether oxygens (including phenoxy) is 1. The molecule has 1 unspecified atom stereocenters. The van der Waals surface area contributed by atoms with E-state index in [0.717, 1.165) is 5.56 Å². The molecule has 104 valence electrons. The van der Waals surface area contributed by atoms with Crippen LogP contribution in [-0.2, 0) is 9.53 Å². The molecule has 5 heteroatoms. The highest BCUT2D eigenvalue weighted by atomic mass is 16.5. The Bertz CT molecular complexity index is 446. The first-order chi connectivity index (χ1) is 9.02. The molecule has 0 radical (unpaired) electrons. The van der Waals surface area contributed by atoms with Crippen molar-refractivity contribution in [2.45, 2.75) is 19.9 Å². The van der Waals surface area contributed by atoms with Crippen LogP contribution in [0, 0.1) is 6.92 Å². The third-order valence-electron chi connectivity index (χ3n) is 2.51. The molecule has 2 amide bonds. The number of amides is 2. The second-order valence-electron chi connectivity index (χ2n) is 4.48. The Kier molecular flexibility index (Phi) is 6.02. The van der Waals surface area contributed by atoms with Crippen molar-refractivity contribution in [2.75, 3.05) is 20.3 Å². The van der Waals surface area contributed by atoms with Gasteiger partial charge in [0.15, 0.2) is 0 Å². The van der Waals surface area contributed by atoms with Gasteiger partial charge in [-0.2, -0.15) is 0 Å².